The molecule has 1 saturated heterocycles. The molecule has 0 spiro atoms. The van der Waals surface area contributed by atoms with E-state index >= 15 is 0 Å². The van der Waals surface area contributed by atoms with Crippen LogP contribution in [0.4, 0.5) is 4.39 Å². The molecule has 1 unspecified atom stereocenters. The largest absolute Gasteiger partial charge is 0.494 e. The average molecular weight is 303 g/mol. The smallest absolute Gasteiger partial charge is 0.253 e. The molecule has 6 heteroatoms. The van der Waals surface area contributed by atoms with Crippen LogP contribution >= 0.6 is 12.4 Å². The van der Waals surface area contributed by atoms with Gasteiger partial charge in [-0.1, -0.05) is 6.92 Å². The molecule has 1 atom stereocenters. The highest BCUT2D eigenvalue weighted by atomic mass is 35.5. The lowest BCUT2D eigenvalue weighted by Gasteiger charge is -2.22. The predicted octanol–water partition coefficient (Wildman–Crippen LogP) is 2.07. The number of nitrogens with zero attached hydrogens (tertiary/aromatic N) is 1. The van der Waals surface area contributed by atoms with Gasteiger partial charge in [0.25, 0.3) is 5.91 Å². The van der Waals surface area contributed by atoms with Crippen molar-refractivity contribution in [3.63, 3.8) is 0 Å². The maximum atomic E-state index is 13.6. The van der Waals surface area contributed by atoms with Gasteiger partial charge < -0.3 is 15.4 Å². The van der Waals surface area contributed by atoms with E-state index < -0.39 is 5.82 Å². The van der Waals surface area contributed by atoms with Crippen LogP contribution in [0.5, 0.6) is 5.75 Å². The van der Waals surface area contributed by atoms with Crippen LogP contribution in [0, 0.1) is 11.2 Å². The Hall–Kier alpha value is -1.33. The number of benzene rings is 1. The standard InChI is InChI=1S/C14H19FN2O2.ClH/c1-14(8-16)5-6-17(9-14)13(18)10-3-4-12(19-2)11(15)7-10;/h3-4,7H,5-6,8-9,16H2,1-2H3;1H. The van der Waals surface area contributed by atoms with Crippen molar-refractivity contribution in [1.29, 1.82) is 0 Å². The van der Waals surface area contributed by atoms with Crippen molar-refractivity contribution in [2.75, 3.05) is 26.7 Å². The zero-order valence-corrected chi connectivity index (χ0v) is 12.5. The minimum Gasteiger partial charge on any atom is -0.494 e. The maximum absolute atomic E-state index is 13.6. The summed E-state index contributed by atoms with van der Waals surface area (Å²) in [4.78, 5) is 14.0. The summed E-state index contributed by atoms with van der Waals surface area (Å²) in [6.07, 6.45) is 0.883. The van der Waals surface area contributed by atoms with Crippen LogP contribution in [0.3, 0.4) is 0 Å². The molecular weight excluding hydrogens is 283 g/mol. The topological polar surface area (TPSA) is 55.6 Å². The fourth-order valence-corrected chi connectivity index (χ4v) is 2.35. The zero-order valence-electron chi connectivity index (χ0n) is 11.7. The van der Waals surface area contributed by atoms with Crippen LogP contribution in [0.25, 0.3) is 0 Å². The molecule has 0 aliphatic carbocycles. The zero-order chi connectivity index (χ0) is 14.0. The molecule has 4 nitrogen and oxygen atoms in total. The van der Waals surface area contributed by atoms with Crippen molar-refractivity contribution < 1.29 is 13.9 Å². The van der Waals surface area contributed by atoms with Crippen molar-refractivity contribution in [2.24, 2.45) is 11.1 Å². The van der Waals surface area contributed by atoms with Crippen LogP contribution in [-0.4, -0.2) is 37.6 Å². The van der Waals surface area contributed by atoms with Gasteiger partial charge in [-0.2, -0.15) is 0 Å². The highest BCUT2D eigenvalue weighted by molar-refractivity contribution is 5.94. The second kappa shape index (κ2) is 6.41. The number of hydrogen-bond acceptors (Lipinski definition) is 3. The van der Waals surface area contributed by atoms with Crippen molar-refractivity contribution >= 4 is 18.3 Å². The van der Waals surface area contributed by atoms with Crippen LogP contribution in [-0.2, 0) is 0 Å². The van der Waals surface area contributed by atoms with Crippen LogP contribution < -0.4 is 10.5 Å². The van der Waals surface area contributed by atoms with Crippen LogP contribution in [0.2, 0.25) is 0 Å². The summed E-state index contributed by atoms with van der Waals surface area (Å²) < 4.78 is 18.4. The predicted molar refractivity (Wildman–Crippen MR) is 77.9 cm³/mol. The van der Waals surface area contributed by atoms with E-state index in [4.69, 9.17) is 10.5 Å². The highest BCUT2D eigenvalue weighted by Gasteiger charge is 2.35. The van der Waals surface area contributed by atoms with Gasteiger partial charge >= 0.3 is 0 Å². The molecule has 1 aromatic carbocycles. The Morgan fingerprint density at radius 2 is 2.25 bits per heavy atom. The molecule has 1 aliphatic rings. The van der Waals surface area contributed by atoms with Gasteiger partial charge in [-0.05, 0) is 36.6 Å². The maximum Gasteiger partial charge on any atom is 0.253 e. The van der Waals surface area contributed by atoms with Gasteiger partial charge in [0.1, 0.15) is 0 Å². The average Bonchev–Trinajstić information content (AvgIpc) is 2.81. The number of nitrogens with two attached hydrogens (primary N) is 1. The van der Waals surface area contributed by atoms with E-state index in [9.17, 15) is 9.18 Å². The molecule has 0 bridgehead atoms. The van der Waals surface area contributed by atoms with E-state index in [2.05, 4.69) is 6.92 Å². The van der Waals surface area contributed by atoms with E-state index in [0.29, 0.717) is 25.2 Å². The Morgan fingerprint density at radius 1 is 1.55 bits per heavy atom. The third kappa shape index (κ3) is 3.22. The third-order valence-corrected chi connectivity index (χ3v) is 3.74. The first-order valence-electron chi connectivity index (χ1n) is 6.32. The molecule has 1 amide bonds. The van der Waals surface area contributed by atoms with E-state index in [1.807, 2.05) is 0 Å². The van der Waals surface area contributed by atoms with E-state index in [0.717, 1.165) is 6.42 Å². The highest BCUT2D eigenvalue weighted by Crippen LogP contribution is 2.30. The van der Waals surface area contributed by atoms with Crippen LogP contribution in [0.15, 0.2) is 18.2 Å². The van der Waals surface area contributed by atoms with Crippen molar-refractivity contribution in [3.8, 4) is 5.75 Å². The van der Waals surface area contributed by atoms with Crippen molar-refractivity contribution in [1.82, 2.24) is 4.90 Å². The molecule has 0 aromatic heterocycles. The molecule has 20 heavy (non-hydrogen) atoms. The first-order valence-corrected chi connectivity index (χ1v) is 6.32. The molecule has 1 fully saturated rings. The number of rotatable bonds is 3. The number of methoxy groups -OCH3 is 1. The number of likely N-dealkylation sites (tertiary alicyclic amines) is 1. The lowest BCUT2D eigenvalue weighted by molar-refractivity contribution is 0.0776. The van der Waals surface area contributed by atoms with Crippen molar-refractivity contribution in [2.45, 2.75) is 13.3 Å². The molecule has 1 heterocycles. The fraction of sp³-hybridized carbons (Fsp3) is 0.500. The normalized spacial score (nSPS) is 21.5. The monoisotopic (exact) mass is 302 g/mol. The fourth-order valence-electron chi connectivity index (χ4n) is 2.35. The second-order valence-electron chi connectivity index (χ2n) is 5.34. The Morgan fingerprint density at radius 3 is 2.75 bits per heavy atom. The first kappa shape index (κ1) is 16.7. The number of hydrogen-bond donors (Lipinski definition) is 1. The Labute approximate surface area is 124 Å². The second-order valence-corrected chi connectivity index (χ2v) is 5.34. The van der Waals surface area contributed by atoms with Crippen molar-refractivity contribution in [3.05, 3.63) is 29.6 Å². The molecule has 1 aliphatic heterocycles. The molecule has 2 N–H and O–H groups in total. The summed E-state index contributed by atoms with van der Waals surface area (Å²) in [5.41, 5.74) is 6.04. The Kier molecular flexibility index (Phi) is 5.36. The minimum atomic E-state index is -0.519. The molecule has 0 radical (unpaired) electrons. The minimum absolute atomic E-state index is 0. The SMILES string of the molecule is COc1ccc(C(=O)N2CCC(C)(CN)C2)cc1F.Cl. The first-order chi connectivity index (χ1) is 8.99. The van der Waals surface area contributed by atoms with E-state index in [1.165, 1.54) is 19.2 Å². The van der Waals surface area contributed by atoms with E-state index in [-0.39, 0.29) is 29.5 Å². The summed E-state index contributed by atoms with van der Waals surface area (Å²) in [5, 5.41) is 0. The summed E-state index contributed by atoms with van der Waals surface area (Å²) in [6, 6.07) is 4.28. The summed E-state index contributed by atoms with van der Waals surface area (Å²) >= 11 is 0. The van der Waals surface area contributed by atoms with Gasteiger partial charge in [-0.25, -0.2) is 4.39 Å². The molecular formula is C14H20ClFN2O2. The van der Waals surface area contributed by atoms with Gasteiger partial charge in [0.15, 0.2) is 11.6 Å². The third-order valence-electron chi connectivity index (χ3n) is 3.74. The van der Waals surface area contributed by atoms with Gasteiger partial charge in [-0.3, -0.25) is 4.79 Å². The summed E-state index contributed by atoms with van der Waals surface area (Å²) in [7, 11) is 1.40. The lowest BCUT2D eigenvalue weighted by Crippen LogP contribution is -2.34. The summed E-state index contributed by atoms with van der Waals surface area (Å²) in [6.45, 7) is 3.90. The Bertz CT molecular complexity index is 498. The van der Waals surface area contributed by atoms with Gasteiger partial charge in [0, 0.05) is 18.7 Å². The number of carbonyl (C=O) groups excluding carboxylic acids is 1. The number of carbonyl (C=O) groups is 1. The number of ether oxygens (including phenoxy) is 1. The molecule has 112 valence electrons. The lowest BCUT2D eigenvalue weighted by atomic mass is 9.90. The quantitative estimate of drug-likeness (QED) is 0.930. The van der Waals surface area contributed by atoms with E-state index in [1.54, 1.807) is 11.0 Å². The van der Waals surface area contributed by atoms with Crippen LogP contribution in [0.1, 0.15) is 23.7 Å². The Balaban J connectivity index is 0.00000200. The molecule has 2 rings (SSSR count). The number of halogens is 2. The van der Waals surface area contributed by atoms with Gasteiger partial charge in [0.05, 0.1) is 7.11 Å². The molecule has 1 aromatic rings. The van der Waals surface area contributed by atoms with Gasteiger partial charge in [0.2, 0.25) is 0 Å². The molecule has 0 saturated carbocycles. The number of amides is 1. The van der Waals surface area contributed by atoms with Gasteiger partial charge in [-0.15, -0.1) is 12.4 Å². The summed E-state index contributed by atoms with van der Waals surface area (Å²) in [5.74, 6) is -0.530.